The fraction of sp³-hybridized carbons (Fsp3) is 0.839. The number of nitrogens with one attached hydrogen (secondary N) is 3. The number of unbranched alkanes of at least 4 members (excludes halogenated alkanes) is 2. The van der Waals surface area contributed by atoms with Crippen LogP contribution in [-0.4, -0.2) is 90.1 Å². The minimum absolute atomic E-state index is 0.0559. The number of carbonyl (C=O) groups excluding carboxylic acids is 4. The van der Waals surface area contributed by atoms with Crippen molar-refractivity contribution in [2.75, 3.05) is 26.2 Å². The third-order valence-corrected chi connectivity index (χ3v) is 7.56. The smallest absolute Gasteiger partial charge is 0.328 e. The van der Waals surface area contributed by atoms with Crippen molar-refractivity contribution in [1.29, 1.82) is 0 Å². The Morgan fingerprint density at radius 1 is 0.930 bits per heavy atom. The molecular weight excluding hydrogens is 552 g/mol. The van der Waals surface area contributed by atoms with Gasteiger partial charge in [-0.1, -0.05) is 54.4 Å². The number of aliphatic hydroxyl groups excluding tert-OH is 1. The second-order valence-electron chi connectivity index (χ2n) is 12.1. The summed E-state index contributed by atoms with van der Waals surface area (Å²) in [4.78, 5) is 59.4. The second-order valence-corrected chi connectivity index (χ2v) is 12.1. The highest BCUT2D eigenvalue weighted by atomic mass is 16.5. The number of hydrogen-bond donors (Lipinski definition) is 5. The molecule has 0 aliphatic carbocycles. The largest absolute Gasteiger partial charge is 0.460 e. The Hall–Kier alpha value is -2.89. The van der Waals surface area contributed by atoms with Crippen LogP contribution in [0.5, 0.6) is 0 Å². The molecule has 12 heteroatoms. The van der Waals surface area contributed by atoms with E-state index < -0.39 is 54.5 Å². The van der Waals surface area contributed by atoms with Gasteiger partial charge >= 0.3 is 5.97 Å². The van der Waals surface area contributed by atoms with Crippen molar-refractivity contribution in [2.45, 2.75) is 130 Å². The number of amides is 3. The molecule has 1 heterocycles. The van der Waals surface area contributed by atoms with Crippen molar-refractivity contribution in [3.05, 3.63) is 0 Å². The van der Waals surface area contributed by atoms with Crippen LogP contribution in [-0.2, 0) is 23.9 Å². The zero-order chi connectivity index (χ0) is 32.4. The van der Waals surface area contributed by atoms with Crippen molar-refractivity contribution >= 4 is 29.7 Å². The minimum Gasteiger partial charge on any atom is -0.460 e. The monoisotopic (exact) mass is 610 g/mol. The predicted molar refractivity (Wildman–Crippen MR) is 168 cm³/mol. The average Bonchev–Trinajstić information content (AvgIpc) is 2.96. The summed E-state index contributed by atoms with van der Waals surface area (Å²) < 4.78 is 5.86. The number of nitrogens with zero attached hydrogens (tertiary/aromatic N) is 2. The number of esters is 1. The number of guanidine groups is 1. The number of rotatable bonds is 16. The van der Waals surface area contributed by atoms with Gasteiger partial charge in [-0.25, -0.2) is 4.79 Å². The first-order valence-corrected chi connectivity index (χ1v) is 16.2. The molecule has 0 bridgehead atoms. The average molecular weight is 611 g/mol. The SMILES string of the molecule is CCCCC(C)C1CC(=O)NC(CCCCN=C(N)N(CCC)CCC)C(=O)NC(CO)C(=O)NC(CC(C)C)C(=O)O1. The molecule has 248 valence electrons. The predicted octanol–water partition coefficient (Wildman–Crippen LogP) is 2.23. The van der Waals surface area contributed by atoms with Gasteiger partial charge in [-0.3, -0.25) is 19.4 Å². The highest BCUT2D eigenvalue weighted by molar-refractivity contribution is 5.94. The van der Waals surface area contributed by atoms with E-state index in [2.05, 4.69) is 46.6 Å². The number of carbonyl (C=O) groups is 4. The Morgan fingerprint density at radius 2 is 1.56 bits per heavy atom. The normalized spacial score (nSPS) is 23.3. The molecule has 5 unspecified atom stereocenters. The van der Waals surface area contributed by atoms with E-state index in [4.69, 9.17) is 10.5 Å². The number of cyclic esters (lactones) is 1. The lowest BCUT2D eigenvalue weighted by Crippen LogP contribution is -2.56. The topological polar surface area (TPSA) is 175 Å². The second kappa shape index (κ2) is 20.9. The summed E-state index contributed by atoms with van der Waals surface area (Å²) in [7, 11) is 0. The highest BCUT2D eigenvalue weighted by Crippen LogP contribution is 2.21. The third-order valence-electron chi connectivity index (χ3n) is 7.56. The zero-order valence-electron chi connectivity index (χ0n) is 27.3. The first-order valence-electron chi connectivity index (χ1n) is 16.2. The number of hydrogen-bond acceptors (Lipinski definition) is 7. The summed E-state index contributed by atoms with van der Waals surface area (Å²) in [6.07, 6.45) is 5.56. The van der Waals surface area contributed by atoms with Gasteiger partial charge in [0.2, 0.25) is 17.7 Å². The van der Waals surface area contributed by atoms with Gasteiger partial charge in [0.15, 0.2) is 5.96 Å². The standard InChI is InChI=1S/C31H58N6O6/c1-7-10-13-22(6)26-19-27(39)34-23(14-11-12-15-33-31(32)37(16-8-2)17-9-3)28(40)36-25(20-38)29(41)35-24(18-21(4)5)30(42)43-26/h21-26,38H,7-20H2,1-6H3,(H2,32,33)(H,34,39)(H,35,41)(H,36,40). The molecule has 0 aromatic carbocycles. The van der Waals surface area contributed by atoms with Gasteiger partial charge in [0, 0.05) is 19.6 Å². The van der Waals surface area contributed by atoms with Gasteiger partial charge in [-0.05, 0) is 56.8 Å². The van der Waals surface area contributed by atoms with E-state index in [1.54, 1.807) is 0 Å². The highest BCUT2D eigenvalue weighted by Gasteiger charge is 2.34. The van der Waals surface area contributed by atoms with Gasteiger partial charge in [0.1, 0.15) is 24.2 Å². The molecule has 1 aliphatic rings. The van der Waals surface area contributed by atoms with Crippen molar-refractivity contribution in [2.24, 2.45) is 22.6 Å². The minimum atomic E-state index is -1.29. The van der Waals surface area contributed by atoms with Gasteiger partial charge in [-0.15, -0.1) is 0 Å². The molecule has 0 saturated carbocycles. The Bertz CT molecular complexity index is 892. The lowest BCUT2D eigenvalue weighted by Gasteiger charge is -2.27. The lowest BCUT2D eigenvalue weighted by atomic mass is 9.95. The molecule has 43 heavy (non-hydrogen) atoms. The van der Waals surface area contributed by atoms with E-state index >= 15 is 0 Å². The first kappa shape index (κ1) is 38.1. The summed E-state index contributed by atoms with van der Waals surface area (Å²) in [5.74, 6) is -1.85. The maximum Gasteiger partial charge on any atom is 0.328 e. The van der Waals surface area contributed by atoms with Gasteiger partial charge in [0.05, 0.1) is 13.0 Å². The molecule has 5 atom stereocenters. The number of nitrogens with two attached hydrogens (primary N) is 1. The Labute approximate surface area is 258 Å². The zero-order valence-corrected chi connectivity index (χ0v) is 27.3. The molecule has 3 amide bonds. The van der Waals surface area contributed by atoms with Crippen LogP contribution in [0.15, 0.2) is 4.99 Å². The third kappa shape index (κ3) is 14.4. The molecule has 0 radical (unpaired) electrons. The van der Waals surface area contributed by atoms with Crippen LogP contribution in [0.2, 0.25) is 0 Å². The van der Waals surface area contributed by atoms with Crippen molar-refractivity contribution in [3.63, 3.8) is 0 Å². The number of aliphatic imine (C=N–C) groups is 1. The molecule has 1 fully saturated rings. The van der Waals surface area contributed by atoms with Crippen LogP contribution in [0.3, 0.4) is 0 Å². The maximum absolute atomic E-state index is 13.3. The van der Waals surface area contributed by atoms with Crippen LogP contribution in [0.25, 0.3) is 0 Å². The molecule has 6 N–H and O–H groups in total. The van der Waals surface area contributed by atoms with E-state index in [1.807, 2.05) is 20.8 Å². The summed E-state index contributed by atoms with van der Waals surface area (Å²) in [6, 6.07) is -3.21. The van der Waals surface area contributed by atoms with Crippen LogP contribution >= 0.6 is 0 Å². The van der Waals surface area contributed by atoms with Crippen LogP contribution in [0.4, 0.5) is 0 Å². The number of ether oxygens (including phenoxy) is 1. The molecular formula is C31H58N6O6. The molecule has 1 rings (SSSR count). The molecule has 0 aromatic heterocycles. The quantitative estimate of drug-likeness (QED) is 0.0765. The summed E-state index contributed by atoms with van der Waals surface area (Å²) in [6.45, 7) is 13.5. The van der Waals surface area contributed by atoms with Crippen molar-refractivity contribution in [3.8, 4) is 0 Å². The van der Waals surface area contributed by atoms with Gasteiger partial charge in [0.25, 0.3) is 0 Å². The fourth-order valence-electron chi connectivity index (χ4n) is 5.07. The van der Waals surface area contributed by atoms with Crippen LogP contribution < -0.4 is 21.7 Å². The van der Waals surface area contributed by atoms with Crippen molar-refractivity contribution in [1.82, 2.24) is 20.9 Å². The summed E-state index contributed by atoms with van der Waals surface area (Å²) in [5, 5.41) is 17.9. The van der Waals surface area contributed by atoms with E-state index in [9.17, 15) is 24.3 Å². The molecule has 12 nitrogen and oxygen atoms in total. The molecule has 0 aromatic rings. The van der Waals surface area contributed by atoms with E-state index in [-0.39, 0.29) is 18.3 Å². The Kier molecular flexibility index (Phi) is 18.6. The Morgan fingerprint density at radius 3 is 2.14 bits per heavy atom. The summed E-state index contributed by atoms with van der Waals surface area (Å²) in [5.41, 5.74) is 6.18. The maximum atomic E-state index is 13.3. The van der Waals surface area contributed by atoms with Crippen LogP contribution in [0, 0.1) is 11.8 Å². The van der Waals surface area contributed by atoms with Crippen LogP contribution in [0.1, 0.15) is 106 Å². The van der Waals surface area contributed by atoms with E-state index in [0.29, 0.717) is 38.2 Å². The fourth-order valence-corrected chi connectivity index (χ4v) is 5.07. The first-order chi connectivity index (χ1) is 20.5. The number of aliphatic hydroxyl groups is 1. The Balaban J connectivity index is 3.13. The molecule has 1 saturated heterocycles. The van der Waals surface area contributed by atoms with E-state index in [1.165, 1.54) is 0 Å². The molecule has 1 aliphatic heterocycles. The lowest BCUT2D eigenvalue weighted by molar-refractivity contribution is -0.157. The van der Waals surface area contributed by atoms with Crippen molar-refractivity contribution < 1.29 is 29.0 Å². The van der Waals surface area contributed by atoms with Gasteiger partial charge < -0.3 is 36.4 Å². The van der Waals surface area contributed by atoms with Gasteiger partial charge in [-0.2, -0.15) is 0 Å². The summed E-state index contributed by atoms with van der Waals surface area (Å²) >= 11 is 0. The molecule has 0 spiro atoms. The van der Waals surface area contributed by atoms with E-state index in [0.717, 1.165) is 45.2 Å².